The lowest BCUT2D eigenvalue weighted by atomic mass is 10.5. The molecule has 0 aromatic heterocycles. The van der Waals surface area contributed by atoms with Crippen LogP contribution in [-0.2, 0) is 0 Å². The molecule has 6 heavy (non-hydrogen) atoms. The second-order valence-electron chi connectivity index (χ2n) is 1.05. The van der Waals surface area contributed by atoms with Crippen molar-refractivity contribution in [2.45, 2.75) is 0 Å². The molecular formula is C4H12N2+2. The summed E-state index contributed by atoms with van der Waals surface area (Å²) >= 11 is 0. The first-order valence-corrected chi connectivity index (χ1v) is 2.15. The van der Waals surface area contributed by atoms with Gasteiger partial charge in [-0.25, -0.2) is 0 Å². The zero-order chi connectivity index (χ0) is 4.83. The van der Waals surface area contributed by atoms with Crippen molar-refractivity contribution < 1.29 is 11.5 Å². The highest BCUT2D eigenvalue weighted by molar-refractivity contribution is 4.77. The summed E-state index contributed by atoms with van der Waals surface area (Å²) in [5, 5.41) is 0. The van der Waals surface area contributed by atoms with Crippen LogP contribution in [0.3, 0.4) is 0 Å². The Bertz CT molecular complexity index is 34.8. The van der Waals surface area contributed by atoms with Gasteiger partial charge in [-0.1, -0.05) is 0 Å². The maximum absolute atomic E-state index is 3.61. The monoisotopic (exact) mass is 88.1 g/mol. The third kappa shape index (κ3) is 3.66. The number of hydrogen-bond acceptors (Lipinski definition) is 0. The van der Waals surface area contributed by atoms with Crippen LogP contribution in [0.4, 0.5) is 0 Å². The highest BCUT2D eigenvalue weighted by Crippen LogP contribution is 1.55. The molecule has 0 fully saturated rings. The zero-order valence-corrected chi connectivity index (χ0v) is 3.98. The predicted molar refractivity (Wildman–Crippen MR) is 24.7 cm³/mol. The number of rotatable bonds is 2. The molecule has 0 rings (SSSR count). The quantitative estimate of drug-likeness (QED) is 0.368. The SMILES string of the molecule is [NH3+]C/C=C\C[NH3+]. The summed E-state index contributed by atoms with van der Waals surface area (Å²) in [4.78, 5) is 0. The third-order valence-corrected chi connectivity index (χ3v) is 0.500. The molecule has 0 atom stereocenters. The average molecular weight is 88.2 g/mol. The van der Waals surface area contributed by atoms with Gasteiger partial charge in [0.25, 0.3) is 0 Å². The Morgan fingerprint density at radius 3 is 1.50 bits per heavy atom. The van der Waals surface area contributed by atoms with Gasteiger partial charge in [0.1, 0.15) is 0 Å². The predicted octanol–water partition coefficient (Wildman–Crippen LogP) is -1.97. The topological polar surface area (TPSA) is 55.3 Å². The van der Waals surface area contributed by atoms with E-state index >= 15 is 0 Å². The van der Waals surface area contributed by atoms with Crippen molar-refractivity contribution in [2.75, 3.05) is 13.1 Å². The lowest BCUT2D eigenvalue weighted by Crippen LogP contribution is -2.51. The Morgan fingerprint density at radius 1 is 1.00 bits per heavy atom. The van der Waals surface area contributed by atoms with Crippen molar-refractivity contribution >= 4 is 0 Å². The van der Waals surface area contributed by atoms with Crippen LogP contribution in [0.1, 0.15) is 0 Å². The highest BCUT2D eigenvalue weighted by Gasteiger charge is 1.64. The maximum atomic E-state index is 3.61. The van der Waals surface area contributed by atoms with Crippen molar-refractivity contribution in [3.63, 3.8) is 0 Å². The van der Waals surface area contributed by atoms with E-state index < -0.39 is 0 Å². The lowest BCUT2D eigenvalue weighted by Gasteiger charge is -1.69. The van der Waals surface area contributed by atoms with E-state index in [0.717, 1.165) is 13.1 Å². The molecule has 0 amide bonds. The molecule has 36 valence electrons. The summed E-state index contributed by atoms with van der Waals surface area (Å²) in [6.07, 6.45) is 4.01. The molecule has 0 saturated carbocycles. The molecule has 0 aliphatic rings. The highest BCUT2D eigenvalue weighted by atomic mass is 14.5. The summed E-state index contributed by atoms with van der Waals surface area (Å²) in [5.74, 6) is 0. The van der Waals surface area contributed by atoms with E-state index in [1.54, 1.807) is 0 Å². The lowest BCUT2D eigenvalue weighted by molar-refractivity contribution is -0.358. The van der Waals surface area contributed by atoms with E-state index in [1.807, 2.05) is 12.2 Å². The Balaban J connectivity index is 2.73. The van der Waals surface area contributed by atoms with Gasteiger partial charge in [-0.2, -0.15) is 0 Å². The van der Waals surface area contributed by atoms with Crippen LogP contribution >= 0.6 is 0 Å². The van der Waals surface area contributed by atoms with E-state index in [9.17, 15) is 0 Å². The average Bonchev–Trinajstić information content (AvgIpc) is 1.61. The molecule has 0 spiro atoms. The minimum atomic E-state index is 0.884. The molecule has 2 nitrogen and oxygen atoms in total. The fraction of sp³-hybridized carbons (Fsp3) is 0.500. The van der Waals surface area contributed by atoms with Crippen molar-refractivity contribution in [2.24, 2.45) is 0 Å². The second-order valence-corrected chi connectivity index (χ2v) is 1.05. The van der Waals surface area contributed by atoms with Crippen molar-refractivity contribution in [3.8, 4) is 0 Å². The molecule has 0 aromatic carbocycles. The molecule has 2 heteroatoms. The first kappa shape index (κ1) is 5.66. The molecule has 0 unspecified atom stereocenters. The fourth-order valence-electron chi connectivity index (χ4n) is 0.236. The third-order valence-electron chi connectivity index (χ3n) is 0.500. The van der Waals surface area contributed by atoms with E-state index in [2.05, 4.69) is 11.5 Å². The van der Waals surface area contributed by atoms with Gasteiger partial charge in [0, 0.05) is 0 Å². The van der Waals surface area contributed by atoms with Gasteiger partial charge in [-0.05, 0) is 12.2 Å². The zero-order valence-electron chi connectivity index (χ0n) is 3.98. The van der Waals surface area contributed by atoms with Gasteiger partial charge in [0.05, 0.1) is 13.1 Å². The van der Waals surface area contributed by atoms with Crippen LogP contribution < -0.4 is 11.5 Å². The molecule has 0 bridgehead atoms. The van der Waals surface area contributed by atoms with Gasteiger partial charge < -0.3 is 11.5 Å². The van der Waals surface area contributed by atoms with E-state index in [-0.39, 0.29) is 0 Å². The molecule has 0 heterocycles. The van der Waals surface area contributed by atoms with Crippen molar-refractivity contribution in [3.05, 3.63) is 12.2 Å². The summed E-state index contributed by atoms with van der Waals surface area (Å²) in [5.41, 5.74) is 7.22. The minimum absolute atomic E-state index is 0.884. The van der Waals surface area contributed by atoms with Crippen LogP contribution in [0.25, 0.3) is 0 Å². The Labute approximate surface area is 37.8 Å². The van der Waals surface area contributed by atoms with Gasteiger partial charge in [-0.3, -0.25) is 0 Å². The first-order valence-electron chi connectivity index (χ1n) is 2.15. The Hall–Kier alpha value is -0.340. The second kappa shape index (κ2) is 4.66. The summed E-state index contributed by atoms with van der Waals surface area (Å²) in [6, 6.07) is 0. The summed E-state index contributed by atoms with van der Waals surface area (Å²) in [6.45, 7) is 1.77. The smallest absolute Gasteiger partial charge is 0.0929 e. The van der Waals surface area contributed by atoms with Crippen LogP contribution in [0.15, 0.2) is 12.2 Å². The Kier molecular flexibility index (Phi) is 4.40. The largest absolute Gasteiger partial charge is 0.354 e. The molecule has 0 aromatic rings. The summed E-state index contributed by atoms with van der Waals surface area (Å²) in [7, 11) is 0. The van der Waals surface area contributed by atoms with Gasteiger partial charge >= 0.3 is 0 Å². The van der Waals surface area contributed by atoms with Crippen molar-refractivity contribution in [1.29, 1.82) is 0 Å². The number of quaternary nitrogens is 2. The molecule has 0 aliphatic heterocycles. The Morgan fingerprint density at radius 2 is 1.33 bits per heavy atom. The molecule has 0 aliphatic carbocycles. The van der Waals surface area contributed by atoms with Gasteiger partial charge in [0.15, 0.2) is 0 Å². The fourth-order valence-corrected chi connectivity index (χ4v) is 0.236. The van der Waals surface area contributed by atoms with Crippen LogP contribution in [0, 0.1) is 0 Å². The van der Waals surface area contributed by atoms with Gasteiger partial charge in [-0.15, -0.1) is 0 Å². The normalized spacial score (nSPS) is 10.3. The summed E-state index contributed by atoms with van der Waals surface area (Å²) < 4.78 is 0. The molecule has 6 N–H and O–H groups in total. The van der Waals surface area contributed by atoms with E-state index in [0.29, 0.717) is 0 Å². The maximum Gasteiger partial charge on any atom is 0.0929 e. The van der Waals surface area contributed by atoms with Crippen molar-refractivity contribution in [1.82, 2.24) is 0 Å². The standard InChI is InChI=1S/C4H10N2/c5-3-1-2-4-6/h1-2H,3-6H2/p+2/b2-1-. The van der Waals surface area contributed by atoms with E-state index in [1.165, 1.54) is 0 Å². The van der Waals surface area contributed by atoms with Crippen LogP contribution in [0.5, 0.6) is 0 Å². The first-order chi connectivity index (χ1) is 2.91. The minimum Gasteiger partial charge on any atom is -0.354 e. The molecule has 0 saturated heterocycles. The number of hydrogen-bond donors (Lipinski definition) is 2. The van der Waals surface area contributed by atoms with E-state index in [4.69, 9.17) is 0 Å². The van der Waals surface area contributed by atoms with Crippen LogP contribution in [0.2, 0.25) is 0 Å². The molecular weight excluding hydrogens is 76.1 g/mol. The molecule has 0 radical (unpaired) electrons. The van der Waals surface area contributed by atoms with Gasteiger partial charge in [0.2, 0.25) is 0 Å². The van der Waals surface area contributed by atoms with Crippen LogP contribution in [-0.4, -0.2) is 13.1 Å².